The molecule has 0 aromatic heterocycles. The Kier molecular flexibility index (Phi) is 7.34. The molecule has 0 saturated heterocycles. The van der Waals surface area contributed by atoms with Crippen molar-refractivity contribution in [1.82, 2.24) is 0 Å². The number of Topliss-reactive ketones (excluding diaryl/α,β-unsaturated/α-hetero) is 2. The lowest BCUT2D eigenvalue weighted by atomic mass is 10.1. The summed E-state index contributed by atoms with van der Waals surface area (Å²) >= 11 is 0. The molecule has 1 atom stereocenters. The third-order valence-corrected chi connectivity index (χ3v) is 3.45. The Hall–Kier alpha value is -3.34. The molecule has 2 rings (SSSR count). The molecule has 0 radical (unpaired) electrons. The monoisotopic (exact) mass is 365 g/mol. The van der Waals surface area contributed by atoms with E-state index in [1.807, 2.05) is 0 Å². The third-order valence-electron chi connectivity index (χ3n) is 3.45. The number of aliphatic carboxylic acids is 1. The van der Waals surface area contributed by atoms with Gasteiger partial charge in [-0.2, -0.15) is 0 Å². The number of fused-ring (bicyclic) bond motifs is 1. The number of aliphatic imine (C=N–C) groups is 1. The van der Waals surface area contributed by atoms with Crippen molar-refractivity contribution in [3.05, 3.63) is 45.5 Å². The van der Waals surface area contributed by atoms with Gasteiger partial charge in [0, 0.05) is 22.6 Å². The maximum Gasteiger partial charge on any atom is 0.336 e. The molecule has 1 aliphatic rings. The highest BCUT2D eigenvalue weighted by Gasteiger charge is 2.47. The van der Waals surface area contributed by atoms with Crippen LogP contribution in [0.1, 0.15) is 33.6 Å². The number of nitrogens with two attached hydrogens (primary N) is 3. The molecule has 26 heavy (non-hydrogen) atoms. The van der Waals surface area contributed by atoms with Crippen molar-refractivity contribution in [2.45, 2.75) is 24.9 Å². The van der Waals surface area contributed by atoms with Gasteiger partial charge >= 0.3 is 12.0 Å². The second-order valence-corrected chi connectivity index (χ2v) is 5.36. The summed E-state index contributed by atoms with van der Waals surface area (Å²) in [5.41, 5.74) is 15.6. The van der Waals surface area contributed by atoms with Gasteiger partial charge in [-0.25, -0.2) is 0 Å². The topological polar surface area (TPSA) is 205 Å². The number of carboxylic acid groups (broad SMARTS) is 1. The van der Waals surface area contributed by atoms with Crippen LogP contribution in [0.2, 0.25) is 0 Å². The van der Waals surface area contributed by atoms with Crippen molar-refractivity contribution in [3.8, 4) is 0 Å². The minimum atomic E-state index is -1.73. The van der Waals surface area contributed by atoms with Crippen LogP contribution in [-0.2, 0) is 4.79 Å². The molecule has 7 N–H and O–H groups in total. The van der Waals surface area contributed by atoms with E-state index in [-0.39, 0.29) is 17.1 Å². The molecule has 11 nitrogen and oxygen atoms in total. The average Bonchev–Trinajstić information content (AvgIpc) is 2.83. The highest BCUT2D eigenvalue weighted by molar-refractivity contribution is 6.28. The average molecular weight is 365 g/mol. The number of hydrogen-bond acceptors (Lipinski definition) is 7. The fraction of sp³-hybridized carbons (Fsp3) is 0.333. The number of ketones is 2. The van der Waals surface area contributed by atoms with E-state index in [0.29, 0.717) is 19.4 Å². The summed E-state index contributed by atoms with van der Waals surface area (Å²) in [7, 11) is 0. The van der Waals surface area contributed by atoms with Gasteiger partial charge in [-0.1, -0.05) is 24.3 Å². The zero-order chi connectivity index (χ0) is 19.9. The molecule has 1 unspecified atom stereocenters. The number of hydrogen-bond donors (Lipinski definition) is 4. The second-order valence-electron chi connectivity index (χ2n) is 5.36. The van der Waals surface area contributed by atoms with Crippen molar-refractivity contribution < 1.29 is 24.4 Å². The number of guanidine groups is 1. The Balaban J connectivity index is 0.000000265. The Labute approximate surface area is 148 Å². The largest absolute Gasteiger partial charge is 0.480 e. The van der Waals surface area contributed by atoms with Crippen LogP contribution in [0.5, 0.6) is 0 Å². The van der Waals surface area contributed by atoms with Crippen LogP contribution in [0.3, 0.4) is 0 Å². The van der Waals surface area contributed by atoms with Crippen LogP contribution in [0.4, 0.5) is 0 Å². The first-order valence-electron chi connectivity index (χ1n) is 7.51. The van der Waals surface area contributed by atoms with Gasteiger partial charge in [0.25, 0.3) is 0 Å². The summed E-state index contributed by atoms with van der Waals surface area (Å²) in [6.45, 7) is 0.420. The first-order chi connectivity index (χ1) is 12.2. The molecular weight excluding hydrogens is 346 g/mol. The number of nitro groups is 1. The third kappa shape index (κ3) is 5.34. The van der Waals surface area contributed by atoms with Gasteiger partial charge < -0.3 is 22.3 Å². The van der Waals surface area contributed by atoms with E-state index in [0.717, 1.165) is 0 Å². The Morgan fingerprint density at radius 3 is 2.12 bits per heavy atom. The lowest BCUT2D eigenvalue weighted by Crippen LogP contribution is -2.31. The molecule has 0 spiro atoms. The summed E-state index contributed by atoms with van der Waals surface area (Å²) in [4.78, 5) is 46.3. The van der Waals surface area contributed by atoms with Crippen molar-refractivity contribution in [3.63, 3.8) is 0 Å². The zero-order valence-electron chi connectivity index (χ0n) is 13.7. The van der Waals surface area contributed by atoms with E-state index in [4.69, 9.17) is 22.3 Å². The van der Waals surface area contributed by atoms with E-state index in [2.05, 4.69) is 4.99 Å². The Morgan fingerprint density at radius 2 is 1.73 bits per heavy atom. The van der Waals surface area contributed by atoms with Gasteiger partial charge in [-0.3, -0.25) is 29.5 Å². The normalized spacial score (nSPS) is 14.0. The molecule has 1 aliphatic carbocycles. The number of nitrogens with zero attached hydrogens (tertiary/aromatic N) is 2. The van der Waals surface area contributed by atoms with Crippen LogP contribution in [0, 0.1) is 10.1 Å². The van der Waals surface area contributed by atoms with Gasteiger partial charge in [0.15, 0.2) is 5.96 Å². The summed E-state index contributed by atoms with van der Waals surface area (Å²) < 4.78 is 0. The number of carbonyl (C=O) groups excluding carboxylic acids is 2. The maximum atomic E-state index is 11.4. The first kappa shape index (κ1) is 20.7. The lowest BCUT2D eigenvalue weighted by molar-refractivity contribution is -0.488. The quantitative estimate of drug-likeness (QED) is 0.124. The summed E-state index contributed by atoms with van der Waals surface area (Å²) in [5, 5.41) is 18.8. The van der Waals surface area contributed by atoms with E-state index < -0.39 is 34.5 Å². The highest BCUT2D eigenvalue weighted by Crippen LogP contribution is 2.23. The van der Waals surface area contributed by atoms with Crippen LogP contribution >= 0.6 is 0 Å². The van der Waals surface area contributed by atoms with E-state index in [1.165, 1.54) is 12.1 Å². The molecule has 11 heteroatoms. The minimum absolute atomic E-state index is 0.0129. The standard InChI is InChI=1S/C9H5NO4.C6H14N4O2/c11-8-5-3-1-2-4-6(5)9(12)7(8)10(13)14;7-4(5(11)12)2-1-3-10-6(8)9/h1-4,7H;4H,1-3,7H2,(H,11,12)(H4,8,9,10). The Bertz CT molecular complexity index is 709. The van der Waals surface area contributed by atoms with Gasteiger partial charge in [-0.15, -0.1) is 0 Å². The van der Waals surface area contributed by atoms with Crippen molar-refractivity contribution >= 4 is 23.5 Å². The summed E-state index contributed by atoms with van der Waals surface area (Å²) in [6, 6.07) is 3.46. The van der Waals surface area contributed by atoms with Gasteiger partial charge in [-0.05, 0) is 12.8 Å². The highest BCUT2D eigenvalue weighted by atomic mass is 16.6. The van der Waals surface area contributed by atoms with Crippen LogP contribution in [-0.4, -0.2) is 52.2 Å². The fourth-order valence-corrected chi connectivity index (χ4v) is 2.16. The number of benzene rings is 1. The molecular formula is C15H19N5O6. The molecule has 0 bridgehead atoms. The van der Waals surface area contributed by atoms with E-state index in [9.17, 15) is 24.5 Å². The molecule has 0 amide bonds. The molecule has 0 aliphatic heterocycles. The maximum absolute atomic E-state index is 11.4. The molecule has 1 aromatic rings. The molecule has 0 fully saturated rings. The Morgan fingerprint density at radius 1 is 1.23 bits per heavy atom. The predicted molar refractivity (Wildman–Crippen MR) is 91.4 cm³/mol. The summed E-state index contributed by atoms with van der Waals surface area (Å²) in [6.07, 6.45) is 0.956. The first-order valence-corrected chi connectivity index (χ1v) is 7.51. The molecule has 140 valence electrons. The number of carbonyl (C=O) groups is 3. The van der Waals surface area contributed by atoms with Gasteiger partial charge in [0.2, 0.25) is 11.6 Å². The van der Waals surface area contributed by atoms with Gasteiger partial charge in [0.1, 0.15) is 6.04 Å². The van der Waals surface area contributed by atoms with E-state index >= 15 is 0 Å². The molecule has 0 saturated carbocycles. The SMILES string of the molecule is NC(N)=NCCCC(N)C(=O)O.O=C1c2ccccc2C(=O)C1[N+](=O)[O-]. The van der Waals surface area contributed by atoms with Crippen LogP contribution < -0.4 is 17.2 Å². The van der Waals surface area contributed by atoms with Gasteiger partial charge in [0.05, 0.1) is 0 Å². The lowest BCUT2D eigenvalue weighted by Gasteiger charge is -2.03. The van der Waals surface area contributed by atoms with E-state index in [1.54, 1.807) is 12.1 Å². The van der Waals surface area contributed by atoms with Crippen molar-refractivity contribution in [1.29, 1.82) is 0 Å². The smallest absolute Gasteiger partial charge is 0.336 e. The van der Waals surface area contributed by atoms with Crippen LogP contribution in [0.25, 0.3) is 0 Å². The number of carboxylic acids is 1. The fourth-order valence-electron chi connectivity index (χ4n) is 2.16. The van der Waals surface area contributed by atoms with Crippen molar-refractivity contribution in [2.75, 3.05) is 6.54 Å². The molecule has 0 heterocycles. The zero-order valence-corrected chi connectivity index (χ0v) is 13.7. The number of rotatable bonds is 6. The second kappa shape index (κ2) is 9.22. The minimum Gasteiger partial charge on any atom is -0.480 e. The summed E-state index contributed by atoms with van der Waals surface area (Å²) in [5.74, 6) is -2.41. The van der Waals surface area contributed by atoms with Crippen molar-refractivity contribution in [2.24, 2.45) is 22.2 Å². The molecule has 1 aromatic carbocycles. The predicted octanol–water partition coefficient (Wildman–Crippen LogP) is -0.837. The van der Waals surface area contributed by atoms with Crippen LogP contribution in [0.15, 0.2) is 29.3 Å².